The predicted octanol–water partition coefficient (Wildman–Crippen LogP) is 1.57. The number of primary amides is 1. The van der Waals surface area contributed by atoms with Gasteiger partial charge in [-0.15, -0.1) is 0 Å². The highest BCUT2D eigenvalue weighted by Crippen LogP contribution is 2.40. The van der Waals surface area contributed by atoms with Crippen LogP contribution in [-0.4, -0.2) is 18.9 Å². The highest BCUT2D eigenvalue weighted by molar-refractivity contribution is 6.00. The lowest BCUT2D eigenvalue weighted by molar-refractivity contribution is -0.119. The van der Waals surface area contributed by atoms with Crippen molar-refractivity contribution in [1.82, 2.24) is 0 Å². The Balaban J connectivity index is 2.71. The molecule has 5 heteroatoms. The summed E-state index contributed by atoms with van der Waals surface area (Å²) in [4.78, 5) is 24.4. The minimum Gasteiger partial charge on any atom is -0.366 e. The van der Waals surface area contributed by atoms with E-state index in [2.05, 4.69) is 0 Å². The van der Waals surface area contributed by atoms with E-state index in [1.807, 2.05) is 13.8 Å². The van der Waals surface area contributed by atoms with E-state index in [0.717, 1.165) is 0 Å². The van der Waals surface area contributed by atoms with Gasteiger partial charge < -0.3 is 10.6 Å². The zero-order valence-electron chi connectivity index (χ0n) is 10.6. The maximum atomic E-state index is 13.8. The first kappa shape index (κ1) is 12.5. The van der Waals surface area contributed by atoms with E-state index in [9.17, 15) is 14.0 Å². The fraction of sp³-hybridized carbons (Fsp3) is 0.385. The van der Waals surface area contributed by atoms with Crippen molar-refractivity contribution in [2.45, 2.75) is 25.7 Å². The summed E-state index contributed by atoms with van der Waals surface area (Å²) < 4.78 is 13.8. The molecule has 2 amide bonds. The second kappa shape index (κ2) is 3.80. The van der Waals surface area contributed by atoms with Crippen LogP contribution in [-0.2, 0) is 10.2 Å². The highest BCUT2D eigenvalue weighted by Gasteiger charge is 2.36. The summed E-state index contributed by atoms with van der Waals surface area (Å²) in [7, 11) is 1.61. The molecule has 0 bridgehead atoms. The minimum atomic E-state index is -0.834. The molecule has 2 rings (SSSR count). The van der Waals surface area contributed by atoms with E-state index < -0.39 is 17.1 Å². The number of anilines is 1. The Labute approximate surface area is 105 Å². The summed E-state index contributed by atoms with van der Waals surface area (Å²) in [6, 6.07) is 2.66. The molecule has 96 valence electrons. The number of carbonyl (C=O) groups excluding carboxylic acids is 2. The largest absolute Gasteiger partial charge is 0.366 e. The number of fused-ring (bicyclic) bond motifs is 1. The summed E-state index contributed by atoms with van der Waals surface area (Å²) in [6.45, 7) is 3.75. The molecule has 0 saturated heterocycles. The molecule has 0 aliphatic carbocycles. The molecule has 0 saturated carbocycles. The van der Waals surface area contributed by atoms with Gasteiger partial charge in [-0.05, 0) is 17.7 Å². The van der Waals surface area contributed by atoms with Gasteiger partial charge in [-0.2, -0.15) is 0 Å². The maximum absolute atomic E-state index is 13.8. The second-order valence-electron chi connectivity index (χ2n) is 5.23. The van der Waals surface area contributed by atoms with Crippen LogP contribution in [0.5, 0.6) is 0 Å². The van der Waals surface area contributed by atoms with Crippen LogP contribution in [0.15, 0.2) is 12.1 Å². The third kappa shape index (κ3) is 1.75. The topological polar surface area (TPSA) is 63.4 Å². The van der Waals surface area contributed by atoms with Gasteiger partial charge in [-0.1, -0.05) is 13.8 Å². The maximum Gasteiger partial charge on any atom is 0.251 e. The summed E-state index contributed by atoms with van der Waals surface area (Å²) in [5, 5.41) is 0. The van der Waals surface area contributed by atoms with Crippen LogP contribution < -0.4 is 10.6 Å². The first-order valence-electron chi connectivity index (χ1n) is 5.64. The quantitative estimate of drug-likeness (QED) is 0.822. The summed E-state index contributed by atoms with van der Waals surface area (Å²) in [5.41, 5.74) is 5.74. The number of nitrogens with two attached hydrogens (primary N) is 1. The fourth-order valence-electron chi connectivity index (χ4n) is 2.30. The van der Waals surface area contributed by atoms with Gasteiger partial charge in [0.05, 0.1) is 5.56 Å². The Morgan fingerprint density at radius 2 is 2.06 bits per heavy atom. The first-order chi connectivity index (χ1) is 8.24. The Kier molecular flexibility index (Phi) is 2.65. The molecule has 1 aromatic rings. The lowest BCUT2D eigenvalue weighted by Gasteiger charge is -2.37. The molecule has 4 nitrogen and oxygen atoms in total. The molecule has 0 fully saturated rings. The third-order valence-electron chi connectivity index (χ3n) is 3.41. The molecule has 0 spiro atoms. The van der Waals surface area contributed by atoms with Crippen LogP contribution in [0.3, 0.4) is 0 Å². The van der Waals surface area contributed by atoms with Crippen molar-refractivity contribution in [3.8, 4) is 0 Å². The van der Waals surface area contributed by atoms with Crippen LogP contribution >= 0.6 is 0 Å². The van der Waals surface area contributed by atoms with Crippen molar-refractivity contribution in [1.29, 1.82) is 0 Å². The van der Waals surface area contributed by atoms with Gasteiger partial charge in [-0.3, -0.25) is 9.59 Å². The number of hydrogen-bond acceptors (Lipinski definition) is 2. The molecular weight excluding hydrogens is 235 g/mol. The van der Waals surface area contributed by atoms with Gasteiger partial charge >= 0.3 is 0 Å². The van der Waals surface area contributed by atoms with Gasteiger partial charge in [0.2, 0.25) is 5.91 Å². The summed E-state index contributed by atoms with van der Waals surface area (Å²) in [6.07, 6.45) is 0.311. The third-order valence-corrected chi connectivity index (χ3v) is 3.41. The zero-order valence-corrected chi connectivity index (χ0v) is 10.6. The number of hydrogen-bond donors (Lipinski definition) is 1. The highest BCUT2D eigenvalue weighted by atomic mass is 19.1. The SMILES string of the molecule is CN1C(=O)CC(C)(C)c2cc(F)c(C(N)=O)cc21. The Morgan fingerprint density at radius 3 is 2.61 bits per heavy atom. The van der Waals surface area contributed by atoms with Crippen LogP contribution in [0, 0.1) is 5.82 Å². The van der Waals surface area contributed by atoms with Gasteiger partial charge in [0, 0.05) is 24.6 Å². The molecule has 1 aliphatic rings. The fourth-order valence-corrected chi connectivity index (χ4v) is 2.30. The van der Waals surface area contributed by atoms with Crippen molar-refractivity contribution < 1.29 is 14.0 Å². The van der Waals surface area contributed by atoms with E-state index in [1.54, 1.807) is 7.05 Å². The van der Waals surface area contributed by atoms with Crippen LogP contribution in [0.4, 0.5) is 10.1 Å². The van der Waals surface area contributed by atoms with Crippen molar-refractivity contribution in [3.63, 3.8) is 0 Å². The number of benzene rings is 1. The van der Waals surface area contributed by atoms with Crippen molar-refractivity contribution in [2.24, 2.45) is 5.73 Å². The Bertz CT molecular complexity index is 552. The number of amides is 2. The van der Waals surface area contributed by atoms with E-state index in [0.29, 0.717) is 17.7 Å². The normalized spacial score (nSPS) is 17.6. The van der Waals surface area contributed by atoms with Crippen LogP contribution in [0.25, 0.3) is 0 Å². The molecular formula is C13H15FN2O2. The average molecular weight is 250 g/mol. The molecule has 2 N–H and O–H groups in total. The van der Waals surface area contributed by atoms with Gasteiger partial charge in [0.25, 0.3) is 5.91 Å². The lowest BCUT2D eigenvalue weighted by atomic mass is 9.77. The standard InChI is InChI=1S/C13H15FN2O2/c1-13(2)6-11(17)16(3)10-4-7(12(15)18)9(14)5-8(10)13/h4-5H,6H2,1-3H3,(H2,15,18). The number of carbonyl (C=O) groups is 2. The number of halogens is 1. The first-order valence-corrected chi connectivity index (χ1v) is 5.64. The van der Waals surface area contributed by atoms with E-state index >= 15 is 0 Å². The van der Waals surface area contributed by atoms with Crippen LogP contribution in [0.1, 0.15) is 36.2 Å². The van der Waals surface area contributed by atoms with Crippen LogP contribution in [0.2, 0.25) is 0 Å². The monoisotopic (exact) mass is 250 g/mol. The molecule has 18 heavy (non-hydrogen) atoms. The lowest BCUT2D eigenvalue weighted by Crippen LogP contribution is -2.40. The minimum absolute atomic E-state index is 0.0606. The van der Waals surface area contributed by atoms with Crippen molar-refractivity contribution in [3.05, 3.63) is 29.1 Å². The van der Waals surface area contributed by atoms with Crippen molar-refractivity contribution in [2.75, 3.05) is 11.9 Å². The second-order valence-corrected chi connectivity index (χ2v) is 5.23. The molecule has 1 aromatic carbocycles. The molecule has 0 unspecified atom stereocenters. The summed E-state index contributed by atoms with van der Waals surface area (Å²) in [5.74, 6) is -1.54. The van der Waals surface area contributed by atoms with Gasteiger partial charge in [-0.25, -0.2) is 4.39 Å². The Morgan fingerprint density at radius 1 is 1.44 bits per heavy atom. The van der Waals surface area contributed by atoms with E-state index in [-0.39, 0.29) is 11.5 Å². The number of rotatable bonds is 1. The molecule has 1 aliphatic heterocycles. The van der Waals surface area contributed by atoms with Gasteiger partial charge in [0.15, 0.2) is 0 Å². The molecule has 0 atom stereocenters. The van der Waals surface area contributed by atoms with E-state index in [1.165, 1.54) is 17.0 Å². The molecule has 0 radical (unpaired) electrons. The average Bonchev–Trinajstić information content (AvgIpc) is 2.25. The van der Waals surface area contributed by atoms with E-state index in [4.69, 9.17) is 5.73 Å². The molecule has 1 heterocycles. The van der Waals surface area contributed by atoms with Crippen molar-refractivity contribution >= 4 is 17.5 Å². The van der Waals surface area contributed by atoms with Gasteiger partial charge in [0.1, 0.15) is 5.82 Å². The summed E-state index contributed by atoms with van der Waals surface area (Å²) >= 11 is 0. The molecule has 0 aromatic heterocycles. The predicted molar refractivity (Wildman–Crippen MR) is 66.0 cm³/mol. The smallest absolute Gasteiger partial charge is 0.251 e. The number of nitrogens with zero attached hydrogens (tertiary/aromatic N) is 1. The zero-order chi connectivity index (χ0) is 13.7. The Hall–Kier alpha value is -1.91.